The fraction of sp³-hybridized carbons (Fsp3) is 0.929. The molecular weight excluding hydrogens is 198 g/mol. The van der Waals surface area contributed by atoms with Gasteiger partial charge in [0, 0.05) is 24.4 Å². The van der Waals surface area contributed by atoms with Gasteiger partial charge in [-0.2, -0.15) is 0 Å². The van der Waals surface area contributed by atoms with Crippen LogP contribution < -0.4 is 0 Å². The Hall–Kier alpha value is -0.370. The van der Waals surface area contributed by atoms with E-state index in [1.807, 2.05) is 20.8 Å². The summed E-state index contributed by atoms with van der Waals surface area (Å²) in [4.78, 5) is 14.4. The summed E-state index contributed by atoms with van der Waals surface area (Å²) in [6.45, 7) is 10.5. The van der Waals surface area contributed by atoms with E-state index in [4.69, 9.17) is 0 Å². The number of hydrogen-bond acceptors (Lipinski definition) is 2. The lowest BCUT2D eigenvalue weighted by Gasteiger charge is -2.35. The molecule has 0 radical (unpaired) electrons. The van der Waals surface area contributed by atoms with Crippen LogP contribution in [0.1, 0.15) is 59.8 Å². The molecule has 94 valence electrons. The first-order valence-electron chi connectivity index (χ1n) is 6.72. The maximum atomic E-state index is 11.9. The molecule has 0 amide bonds. The summed E-state index contributed by atoms with van der Waals surface area (Å²) in [5.41, 5.74) is -0.169. The molecule has 1 atom stereocenters. The van der Waals surface area contributed by atoms with Crippen LogP contribution >= 0.6 is 0 Å². The molecule has 1 unspecified atom stereocenters. The molecule has 1 rings (SSSR count). The van der Waals surface area contributed by atoms with Crippen molar-refractivity contribution in [2.75, 3.05) is 13.1 Å². The van der Waals surface area contributed by atoms with E-state index in [0.29, 0.717) is 5.78 Å². The highest BCUT2D eigenvalue weighted by Gasteiger charge is 2.24. The fourth-order valence-electron chi connectivity index (χ4n) is 2.44. The molecule has 1 saturated heterocycles. The summed E-state index contributed by atoms with van der Waals surface area (Å²) in [7, 11) is 0. The van der Waals surface area contributed by atoms with Crippen molar-refractivity contribution in [3.8, 4) is 0 Å². The van der Waals surface area contributed by atoms with Crippen LogP contribution in [0.15, 0.2) is 0 Å². The molecular formula is C14H27NO. The van der Waals surface area contributed by atoms with Crippen LogP contribution in [-0.2, 0) is 4.79 Å². The summed E-state index contributed by atoms with van der Waals surface area (Å²) in [5.74, 6) is 0.396. The molecule has 0 aromatic heterocycles. The number of hydrogen-bond donors (Lipinski definition) is 0. The summed E-state index contributed by atoms with van der Waals surface area (Å²) in [5, 5.41) is 0. The molecule has 1 heterocycles. The van der Waals surface area contributed by atoms with Gasteiger partial charge in [-0.05, 0) is 25.8 Å². The summed E-state index contributed by atoms with van der Waals surface area (Å²) in [6, 6.07) is 0.724. The molecule has 0 aliphatic carbocycles. The number of Topliss-reactive ketones (excluding diaryl/α,β-unsaturated/α-hetero) is 1. The lowest BCUT2D eigenvalue weighted by Crippen LogP contribution is -2.41. The van der Waals surface area contributed by atoms with Crippen molar-refractivity contribution in [1.82, 2.24) is 4.90 Å². The van der Waals surface area contributed by atoms with E-state index in [0.717, 1.165) is 19.0 Å². The quantitative estimate of drug-likeness (QED) is 0.732. The Morgan fingerprint density at radius 2 is 2.00 bits per heavy atom. The minimum Gasteiger partial charge on any atom is -0.300 e. The number of likely N-dealkylation sites (tertiary alicyclic amines) is 1. The Bertz CT molecular complexity index is 229. The Kier molecular flexibility index (Phi) is 4.97. The minimum atomic E-state index is -0.169. The Labute approximate surface area is 100 Å². The van der Waals surface area contributed by atoms with Gasteiger partial charge in [-0.1, -0.05) is 34.1 Å². The molecule has 2 heteroatoms. The molecule has 0 saturated carbocycles. The predicted octanol–water partition coefficient (Wildman–Crippen LogP) is 3.26. The van der Waals surface area contributed by atoms with Crippen LogP contribution in [0.2, 0.25) is 0 Å². The van der Waals surface area contributed by atoms with Crippen LogP contribution in [0.3, 0.4) is 0 Å². The number of nitrogens with zero attached hydrogens (tertiary/aromatic N) is 1. The average Bonchev–Trinajstić information content (AvgIpc) is 2.24. The summed E-state index contributed by atoms with van der Waals surface area (Å²) in [6.07, 6.45) is 5.94. The largest absolute Gasteiger partial charge is 0.300 e. The first-order valence-corrected chi connectivity index (χ1v) is 6.72. The van der Waals surface area contributed by atoms with Gasteiger partial charge in [0.05, 0.1) is 0 Å². The number of piperidine rings is 1. The summed E-state index contributed by atoms with van der Waals surface area (Å²) >= 11 is 0. The molecule has 0 N–H and O–H groups in total. The van der Waals surface area contributed by atoms with Crippen molar-refractivity contribution in [1.29, 1.82) is 0 Å². The van der Waals surface area contributed by atoms with Crippen molar-refractivity contribution >= 4 is 5.78 Å². The Balaban J connectivity index is 2.38. The minimum absolute atomic E-state index is 0.169. The van der Waals surface area contributed by atoms with Gasteiger partial charge in [0.25, 0.3) is 0 Å². The molecule has 16 heavy (non-hydrogen) atoms. The van der Waals surface area contributed by atoms with Crippen molar-refractivity contribution in [3.05, 3.63) is 0 Å². The van der Waals surface area contributed by atoms with Gasteiger partial charge in [-0.3, -0.25) is 9.69 Å². The van der Waals surface area contributed by atoms with Gasteiger partial charge < -0.3 is 0 Å². The van der Waals surface area contributed by atoms with Gasteiger partial charge in [0.2, 0.25) is 0 Å². The van der Waals surface area contributed by atoms with E-state index < -0.39 is 0 Å². The third kappa shape index (κ3) is 3.89. The van der Waals surface area contributed by atoms with Crippen molar-refractivity contribution in [2.24, 2.45) is 5.41 Å². The van der Waals surface area contributed by atoms with Gasteiger partial charge in [-0.15, -0.1) is 0 Å². The van der Waals surface area contributed by atoms with Crippen molar-refractivity contribution in [2.45, 2.75) is 65.8 Å². The maximum absolute atomic E-state index is 11.9. The van der Waals surface area contributed by atoms with Crippen LogP contribution in [0, 0.1) is 5.41 Å². The van der Waals surface area contributed by atoms with E-state index in [9.17, 15) is 4.79 Å². The van der Waals surface area contributed by atoms with E-state index >= 15 is 0 Å². The van der Waals surface area contributed by atoms with Crippen LogP contribution in [0.5, 0.6) is 0 Å². The molecule has 1 aliphatic rings. The van der Waals surface area contributed by atoms with Crippen LogP contribution in [0.25, 0.3) is 0 Å². The molecule has 2 nitrogen and oxygen atoms in total. The van der Waals surface area contributed by atoms with Gasteiger partial charge >= 0.3 is 0 Å². The predicted molar refractivity (Wildman–Crippen MR) is 68.6 cm³/mol. The van der Waals surface area contributed by atoms with E-state index in [2.05, 4.69) is 11.8 Å². The average molecular weight is 225 g/mol. The lowest BCUT2D eigenvalue weighted by atomic mass is 9.88. The first-order chi connectivity index (χ1) is 7.45. The van der Waals surface area contributed by atoms with Crippen LogP contribution in [-0.4, -0.2) is 29.8 Å². The van der Waals surface area contributed by atoms with Crippen molar-refractivity contribution < 1.29 is 4.79 Å². The van der Waals surface area contributed by atoms with Crippen LogP contribution in [0.4, 0.5) is 0 Å². The smallest absolute Gasteiger partial charge is 0.139 e. The maximum Gasteiger partial charge on any atom is 0.139 e. The highest BCUT2D eigenvalue weighted by Crippen LogP contribution is 2.21. The normalized spacial score (nSPS) is 23.4. The van der Waals surface area contributed by atoms with Gasteiger partial charge in [0.15, 0.2) is 0 Å². The number of rotatable bonds is 4. The zero-order chi connectivity index (χ0) is 12.2. The van der Waals surface area contributed by atoms with Crippen molar-refractivity contribution in [3.63, 3.8) is 0 Å². The SMILES string of the molecule is CCC1CCCCN1CCC(=O)C(C)(C)C. The third-order valence-electron chi connectivity index (χ3n) is 3.68. The Morgan fingerprint density at radius 1 is 1.31 bits per heavy atom. The Morgan fingerprint density at radius 3 is 2.56 bits per heavy atom. The molecule has 1 fully saturated rings. The number of carbonyl (C=O) groups is 1. The second-order valence-corrected chi connectivity index (χ2v) is 6.02. The second kappa shape index (κ2) is 5.81. The highest BCUT2D eigenvalue weighted by molar-refractivity contribution is 5.83. The van der Waals surface area contributed by atoms with Gasteiger partial charge in [-0.25, -0.2) is 0 Å². The highest BCUT2D eigenvalue weighted by atomic mass is 16.1. The standard InChI is InChI=1S/C14H27NO/c1-5-12-8-6-7-10-15(12)11-9-13(16)14(2,3)4/h12H,5-11H2,1-4H3. The van der Waals surface area contributed by atoms with E-state index in [-0.39, 0.29) is 5.41 Å². The molecule has 0 aromatic carbocycles. The molecule has 0 bridgehead atoms. The molecule has 1 aliphatic heterocycles. The molecule has 0 spiro atoms. The van der Waals surface area contributed by atoms with Gasteiger partial charge in [0.1, 0.15) is 5.78 Å². The third-order valence-corrected chi connectivity index (χ3v) is 3.68. The van der Waals surface area contributed by atoms with E-state index in [1.165, 1.54) is 32.2 Å². The zero-order valence-electron chi connectivity index (χ0n) is 11.4. The number of carbonyl (C=O) groups excluding carboxylic acids is 1. The topological polar surface area (TPSA) is 20.3 Å². The second-order valence-electron chi connectivity index (χ2n) is 6.02. The van der Waals surface area contributed by atoms with E-state index in [1.54, 1.807) is 0 Å². The monoisotopic (exact) mass is 225 g/mol. The first kappa shape index (κ1) is 13.7. The zero-order valence-corrected chi connectivity index (χ0v) is 11.4. The lowest BCUT2D eigenvalue weighted by molar-refractivity contribution is -0.126. The summed E-state index contributed by atoms with van der Waals surface area (Å²) < 4.78 is 0. The number of ketones is 1. The fourth-order valence-corrected chi connectivity index (χ4v) is 2.44. The molecule has 0 aromatic rings.